The van der Waals surface area contributed by atoms with Crippen LogP contribution in [0, 0.1) is 0 Å². The van der Waals surface area contributed by atoms with Crippen molar-refractivity contribution in [3.05, 3.63) is 66.0 Å². The van der Waals surface area contributed by atoms with E-state index in [-0.39, 0.29) is 6.61 Å². The predicted molar refractivity (Wildman–Crippen MR) is 91.4 cm³/mol. The van der Waals surface area contributed by atoms with Crippen LogP contribution in [0.3, 0.4) is 0 Å². The number of aliphatic hydroxyl groups excluding tert-OH is 1. The maximum absolute atomic E-state index is 9.88. The monoisotopic (exact) mass is 313 g/mol. The van der Waals surface area contributed by atoms with Gasteiger partial charge in [0.1, 0.15) is 18.4 Å². The number of oxime groups is 1. The Morgan fingerprint density at radius 3 is 2.57 bits per heavy atom. The third kappa shape index (κ3) is 5.81. The molecule has 23 heavy (non-hydrogen) atoms. The summed E-state index contributed by atoms with van der Waals surface area (Å²) in [5, 5.41) is 17.2. The van der Waals surface area contributed by atoms with Crippen molar-refractivity contribution in [2.45, 2.75) is 26.0 Å². The van der Waals surface area contributed by atoms with E-state index in [1.165, 1.54) is 0 Å². The third-order valence-corrected chi connectivity index (χ3v) is 3.14. The van der Waals surface area contributed by atoms with E-state index in [0.717, 1.165) is 11.3 Å². The van der Waals surface area contributed by atoms with Gasteiger partial charge in [0.25, 0.3) is 0 Å². The summed E-state index contributed by atoms with van der Waals surface area (Å²) in [6.07, 6.45) is 1.11. The van der Waals surface area contributed by atoms with Crippen molar-refractivity contribution in [1.82, 2.24) is 10.3 Å². The number of hydrogen-bond acceptors (Lipinski definition) is 5. The minimum Gasteiger partial charge on any atom is -0.392 e. The zero-order valence-electron chi connectivity index (χ0n) is 13.5. The molecule has 0 fully saturated rings. The SMILES string of the molecule is CC(C)NC[C@H](O)CON=C(c1ccccc1)c1ccccn1. The molecule has 0 aliphatic carbocycles. The van der Waals surface area contributed by atoms with Gasteiger partial charge in [-0.3, -0.25) is 4.98 Å². The largest absolute Gasteiger partial charge is 0.392 e. The number of benzene rings is 1. The summed E-state index contributed by atoms with van der Waals surface area (Å²) >= 11 is 0. The molecule has 2 rings (SSSR count). The summed E-state index contributed by atoms with van der Waals surface area (Å²) in [6.45, 7) is 4.65. The molecule has 0 saturated heterocycles. The molecular formula is C18H23N3O2. The lowest BCUT2D eigenvalue weighted by atomic mass is 10.1. The average Bonchev–Trinajstić information content (AvgIpc) is 2.58. The molecule has 0 amide bonds. The fourth-order valence-corrected chi connectivity index (χ4v) is 1.96. The van der Waals surface area contributed by atoms with Crippen molar-refractivity contribution >= 4 is 5.71 Å². The van der Waals surface area contributed by atoms with E-state index < -0.39 is 6.10 Å². The summed E-state index contributed by atoms with van der Waals surface area (Å²) in [6, 6.07) is 15.7. The van der Waals surface area contributed by atoms with Crippen LogP contribution in [-0.4, -0.2) is 41.1 Å². The van der Waals surface area contributed by atoms with E-state index in [2.05, 4.69) is 15.5 Å². The highest BCUT2D eigenvalue weighted by Gasteiger charge is 2.10. The van der Waals surface area contributed by atoms with Crippen LogP contribution in [0.25, 0.3) is 0 Å². The molecule has 0 aliphatic heterocycles. The molecule has 1 aromatic heterocycles. The van der Waals surface area contributed by atoms with E-state index in [1.54, 1.807) is 6.20 Å². The Morgan fingerprint density at radius 1 is 1.17 bits per heavy atom. The number of aromatic nitrogens is 1. The first-order valence-electron chi connectivity index (χ1n) is 7.75. The number of hydrogen-bond donors (Lipinski definition) is 2. The Balaban J connectivity index is 2.06. The lowest BCUT2D eigenvalue weighted by molar-refractivity contribution is 0.0396. The van der Waals surface area contributed by atoms with Gasteiger partial charge in [-0.05, 0) is 12.1 Å². The van der Waals surface area contributed by atoms with Crippen molar-refractivity contribution < 1.29 is 9.94 Å². The molecule has 2 N–H and O–H groups in total. The van der Waals surface area contributed by atoms with Crippen molar-refractivity contribution in [2.24, 2.45) is 5.16 Å². The van der Waals surface area contributed by atoms with E-state index in [4.69, 9.17) is 4.84 Å². The van der Waals surface area contributed by atoms with Crippen molar-refractivity contribution in [3.63, 3.8) is 0 Å². The summed E-state index contributed by atoms with van der Waals surface area (Å²) in [4.78, 5) is 9.68. The Kier molecular flexibility index (Phi) is 6.72. The van der Waals surface area contributed by atoms with E-state index in [1.807, 2.05) is 62.4 Å². The average molecular weight is 313 g/mol. The number of aliphatic hydroxyl groups is 1. The number of nitrogens with zero attached hydrogens (tertiary/aromatic N) is 2. The second kappa shape index (κ2) is 9.02. The molecule has 122 valence electrons. The molecule has 1 heterocycles. The van der Waals surface area contributed by atoms with Gasteiger partial charge in [0, 0.05) is 24.3 Å². The Morgan fingerprint density at radius 2 is 1.91 bits per heavy atom. The maximum atomic E-state index is 9.88. The predicted octanol–water partition coefficient (Wildman–Crippen LogP) is 2.21. The number of nitrogens with one attached hydrogen (secondary N) is 1. The summed E-state index contributed by atoms with van der Waals surface area (Å²) in [5.41, 5.74) is 2.30. The van der Waals surface area contributed by atoms with Gasteiger partial charge >= 0.3 is 0 Å². The molecule has 0 spiro atoms. The van der Waals surface area contributed by atoms with Gasteiger partial charge in [-0.25, -0.2) is 0 Å². The van der Waals surface area contributed by atoms with Gasteiger partial charge in [0.05, 0.1) is 5.69 Å². The first-order valence-corrected chi connectivity index (χ1v) is 7.75. The topological polar surface area (TPSA) is 66.7 Å². The highest BCUT2D eigenvalue weighted by molar-refractivity contribution is 6.11. The van der Waals surface area contributed by atoms with Crippen molar-refractivity contribution in [1.29, 1.82) is 0 Å². The first-order chi connectivity index (χ1) is 11.2. The quantitative estimate of drug-likeness (QED) is 0.579. The first kappa shape index (κ1) is 17.1. The molecule has 1 aromatic carbocycles. The molecule has 0 unspecified atom stereocenters. The standard InChI is InChI=1S/C18H23N3O2/c1-14(2)20-12-16(22)13-23-21-18(15-8-4-3-5-9-15)17-10-6-7-11-19-17/h3-11,14,16,20,22H,12-13H2,1-2H3/t16-/m0/s1. The van der Waals surface area contributed by atoms with Crippen LogP contribution in [-0.2, 0) is 4.84 Å². The second-order valence-corrected chi connectivity index (χ2v) is 5.53. The zero-order valence-corrected chi connectivity index (χ0v) is 13.5. The summed E-state index contributed by atoms with van der Waals surface area (Å²) < 4.78 is 0. The van der Waals surface area contributed by atoms with Crippen molar-refractivity contribution in [2.75, 3.05) is 13.2 Å². The van der Waals surface area contributed by atoms with Crippen LogP contribution in [0.15, 0.2) is 59.9 Å². The van der Waals surface area contributed by atoms with E-state index in [0.29, 0.717) is 18.3 Å². The van der Waals surface area contributed by atoms with Crippen LogP contribution in [0.1, 0.15) is 25.1 Å². The molecule has 0 saturated carbocycles. The van der Waals surface area contributed by atoms with Gasteiger partial charge < -0.3 is 15.3 Å². The minimum absolute atomic E-state index is 0.128. The van der Waals surface area contributed by atoms with E-state index >= 15 is 0 Å². The van der Waals surface area contributed by atoms with Crippen LogP contribution in [0.4, 0.5) is 0 Å². The number of rotatable bonds is 8. The molecule has 5 heteroatoms. The number of pyridine rings is 1. The third-order valence-electron chi connectivity index (χ3n) is 3.14. The lowest BCUT2D eigenvalue weighted by Crippen LogP contribution is -2.34. The highest BCUT2D eigenvalue weighted by atomic mass is 16.6. The molecule has 2 aromatic rings. The Labute approximate surface area is 137 Å². The van der Waals surface area contributed by atoms with Gasteiger partial charge in [0.2, 0.25) is 0 Å². The second-order valence-electron chi connectivity index (χ2n) is 5.53. The Hall–Kier alpha value is -2.24. The van der Waals surface area contributed by atoms with Crippen LogP contribution < -0.4 is 5.32 Å². The fourth-order valence-electron chi connectivity index (χ4n) is 1.96. The van der Waals surface area contributed by atoms with Gasteiger partial charge in [-0.2, -0.15) is 0 Å². The van der Waals surface area contributed by atoms with Gasteiger partial charge in [-0.15, -0.1) is 0 Å². The molecule has 1 atom stereocenters. The van der Waals surface area contributed by atoms with Crippen LogP contribution in [0.2, 0.25) is 0 Å². The highest BCUT2D eigenvalue weighted by Crippen LogP contribution is 2.09. The zero-order chi connectivity index (χ0) is 16.5. The van der Waals surface area contributed by atoms with Crippen LogP contribution in [0.5, 0.6) is 0 Å². The maximum Gasteiger partial charge on any atom is 0.144 e. The Bertz CT molecular complexity index is 559. The normalized spacial score (nSPS) is 13.1. The molecule has 5 nitrogen and oxygen atoms in total. The molecule has 0 radical (unpaired) electrons. The smallest absolute Gasteiger partial charge is 0.144 e. The van der Waals surface area contributed by atoms with Gasteiger partial charge in [-0.1, -0.05) is 55.4 Å². The summed E-state index contributed by atoms with van der Waals surface area (Å²) in [7, 11) is 0. The lowest BCUT2D eigenvalue weighted by Gasteiger charge is -2.13. The molecule has 0 aliphatic rings. The molecular weight excluding hydrogens is 290 g/mol. The minimum atomic E-state index is -0.609. The van der Waals surface area contributed by atoms with Crippen LogP contribution >= 0.6 is 0 Å². The fraction of sp³-hybridized carbons (Fsp3) is 0.333. The van der Waals surface area contributed by atoms with Crippen molar-refractivity contribution in [3.8, 4) is 0 Å². The van der Waals surface area contributed by atoms with E-state index in [9.17, 15) is 5.11 Å². The summed E-state index contributed by atoms with van der Waals surface area (Å²) in [5.74, 6) is 0. The molecule has 0 bridgehead atoms. The van der Waals surface area contributed by atoms with Gasteiger partial charge in [0.15, 0.2) is 0 Å².